The highest BCUT2D eigenvalue weighted by atomic mass is 79.9. The second kappa shape index (κ2) is 5.98. The fourth-order valence-electron chi connectivity index (χ4n) is 2.08. The molecule has 0 saturated heterocycles. The van der Waals surface area contributed by atoms with Gasteiger partial charge in [0.05, 0.1) is 10.6 Å². The van der Waals surface area contributed by atoms with Crippen molar-refractivity contribution >= 4 is 34.3 Å². The second-order valence-corrected chi connectivity index (χ2v) is 5.38. The summed E-state index contributed by atoms with van der Waals surface area (Å²) in [5, 5.41) is 3.79. The number of fused-ring (bicyclic) bond motifs is 3. The smallest absolute Gasteiger partial charge is 0.332 e. The Kier molecular flexibility index (Phi) is 4.48. The topological polar surface area (TPSA) is 52.8 Å². The highest BCUT2D eigenvalue weighted by Gasteiger charge is 2.23. The van der Waals surface area contributed by atoms with Crippen LogP contribution in [0.25, 0.3) is 11.3 Å². The molecule has 0 saturated carbocycles. The summed E-state index contributed by atoms with van der Waals surface area (Å²) >= 11 is 1.35. The molecule has 1 aliphatic rings. The van der Waals surface area contributed by atoms with Crippen molar-refractivity contribution in [2.45, 2.75) is 13.5 Å². The molecule has 0 radical (unpaired) electrons. The summed E-state index contributed by atoms with van der Waals surface area (Å²) < 4.78 is 20.8. The zero-order chi connectivity index (χ0) is 14.3. The molecule has 8 heteroatoms. The van der Waals surface area contributed by atoms with Crippen LogP contribution in [-0.2, 0) is 23.3 Å². The third-order valence-electron chi connectivity index (χ3n) is 2.91. The summed E-state index contributed by atoms with van der Waals surface area (Å²) in [5.74, 6) is -0.185. The lowest BCUT2D eigenvalue weighted by molar-refractivity contribution is -0.141. The molecule has 0 atom stereocenters. The van der Waals surface area contributed by atoms with Crippen LogP contribution in [0, 0.1) is 5.82 Å². The molecule has 0 amide bonds. The standard InChI is InChI=1S/C13H11FN2O3S.BrH/c1-7(17)19-15-13-16(2)12-9-5-8(14)3-4-10(9)18-6-11(12)20-13;/h3-5H,6H2,1-2H3;1H. The van der Waals surface area contributed by atoms with Gasteiger partial charge in [-0.1, -0.05) is 11.3 Å². The van der Waals surface area contributed by atoms with Crippen molar-refractivity contribution in [2.75, 3.05) is 0 Å². The maximum atomic E-state index is 13.4. The van der Waals surface area contributed by atoms with Crippen LogP contribution in [0.4, 0.5) is 4.39 Å². The molecule has 1 aromatic heterocycles. The van der Waals surface area contributed by atoms with Crippen molar-refractivity contribution in [3.05, 3.63) is 33.7 Å². The summed E-state index contributed by atoms with van der Waals surface area (Å²) in [5.41, 5.74) is 1.51. The fourth-order valence-corrected chi connectivity index (χ4v) is 3.06. The quantitative estimate of drug-likeness (QED) is 0.569. The number of thiazole rings is 1. The lowest BCUT2D eigenvalue weighted by Gasteiger charge is -2.18. The van der Waals surface area contributed by atoms with Gasteiger partial charge in [-0.15, -0.1) is 17.0 Å². The van der Waals surface area contributed by atoms with Crippen molar-refractivity contribution in [2.24, 2.45) is 12.2 Å². The van der Waals surface area contributed by atoms with E-state index in [-0.39, 0.29) is 22.8 Å². The van der Waals surface area contributed by atoms with E-state index in [4.69, 9.17) is 4.74 Å². The van der Waals surface area contributed by atoms with Crippen LogP contribution < -0.4 is 9.54 Å². The number of rotatable bonds is 1. The lowest BCUT2D eigenvalue weighted by Crippen LogP contribution is -2.14. The molecular weight excluding hydrogens is 363 g/mol. The fraction of sp³-hybridized carbons (Fsp3) is 0.231. The number of carbonyl (C=O) groups excluding carboxylic acids is 1. The Morgan fingerprint density at radius 1 is 1.52 bits per heavy atom. The van der Waals surface area contributed by atoms with Crippen molar-refractivity contribution in [3.8, 4) is 17.0 Å². The van der Waals surface area contributed by atoms with Crippen molar-refractivity contribution in [3.63, 3.8) is 0 Å². The number of hydrogen-bond acceptors (Lipinski definition) is 5. The normalized spacial score (nSPS) is 12.8. The number of aromatic nitrogens is 1. The Labute approximate surface area is 134 Å². The first-order valence-corrected chi connectivity index (χ1v) is 6.71. The minimum absolute atomic E-state index is 0. The maximum Gasteiger partial charge on any atom is 0.332 e. The van der Waals surface area contributed by atoms with Gasteiger partial charge < -0.3 is 14.1 Å². The molecule has 5 nitrogen and oxygen atoms in total. The van der Waals surface area contributed by atoms with Crippen LogP contribution in [0.15, 0.2) is 23.4 Å². The van der Waals surface area contributed by atoms with E-state index in [2.05, 4.69) is 9.99 Å². The van der Waals surface area contributed by atoms with Crippen molar-refractivity contribution < 1.29 is 18.8 Å². The maximum absolute atomic E-state index is 13.4. The molecule has 2 heterocycles. The molecule has 0 bridgehead atoms. The first-order chi connectivity index (χ1) is 9.56. The molecule has 0 unspecified atom stereocenters. The molecule has 0 spiro atoms. The molecule has 0 fully saturated rings. The Bertz CT molecular complexity index is 769. The van der Waals surface area contributed by atoms with Gasteiger partial charge in [-0.3, -0.25) is 0 Å². The molecule has 2 aromatic rings. The zero-order valence-electron chi connectivity index (χ0n) is 11.3. The number of carbonyl (C=O) groups is 1. The molecule has 0 N–H and O–H groups in total. The van der Waals surface area contributed by atoms with E-state index in [0.29, 0.717) is 22.7 Å². The van der Waals surface area contributed by atoms with E-state index in [1.807, 2.05) is 0 Å². The molecular formula is C13H12BrFN2O3S. The van der Waals surface area contributed by atoms with E-state index in [0.717, 1.165) is 10.6 Å². The summed E-state index contributed by atoms with van der Waals surface area (Å²) in [6.07, 6.45) is 0. The van der Waals surface area contributed by atoms with Crippen LogP contribution in [0.5, 0.6) is 5.75 Å². The van der Waals surface area contributed by atoms with Crippen LogP contribution in [0.1, 0.15) is 11.8 Å². The predicted octanol–water partition coefficient (Wildman–Crippen LogP) is 2.74. The molecule has 3 rings (SSSR count). The Morgan fingerprint density at radius 2 is 2.29 bits per heavy atom. The zero-order valence-corrected chi connectivity index (χ0v) is 13.8. The van der Waals surface area contributed by atoms with Gasteiger partial charge in [-0.05, 0) is 23.4 Å². The minimum atomic E-state index is -0.487. The van der Waals surface area contributed by atoms with Gasteiger partial charge in [-0.25, -0.2) is 9.18 Å². The number of hydrogen-bond donors (Lipinski definition) is 0. The molecule has 0 aliphatic carbocycles. The van der Waals surface area contributed by atoms with Gasteiger partial charge in [0.15, 0.2) is 0 Å². The second-order valence-electron chi connectivity index (χ2n) is 4.32. The van der Waals surface area contributed by atoms with Crippen molar-refractivity contribution in [1.29, 1.82) is 0 Å². The van der Waals surface area contributed by atoms with Crippen LogP contribution >= 0.6 is 28.3 Å². The molecule has 21 heavy (non-hydrogen) atoms. The van der Waals surface area contributed by atoms with Crippen molar-refractivity contribution in [1.82, 2.24) is 4.57 Å². The average Bonchev–Trinajstić information content (AvgIpc) is 2.73. The van der Waals surface area contributed by atoms with Gasteiger partial charge in [0.1, 0.15) is 18.2 Å². The lowest BCUT2D eigenvalue weighted by atomic mass is 10.1. The van der Waals surface area contributed by atoms with E-state index in [9.17, 15) is 9.18 Å². The van der Waals surface area contributed by atoms with Crippen LogP contribution in [0.2, 0.25) is 0 Å². The van der Waals surface area contributed by atoms with E-state index in [1.54, 1.807) is 17.7 Å². The first-order valence-electron chi connectivity index (χ1n) is 5.89. The van der Waals surface area contributed by atoms with Gasteiger partial charge in [0, 0.05) is 19.5 Å². The Hall–Kier alpha value is -1.67. The summed E-state index contributed by atoms with van der Waals surface area (Å²) in [6, 6.07) is 4.39. The van der Waals surface area contributed by atoms with E-state index >= 15 is 0 Å². The molecule has 1 aromatic carbocycles. The summed E-state index contributed by atoms with van der Waals surface area (Å²) in [6.45, 7) is 1.67. The van der Waals surface area contributed by atoms with Gasteiger partial charge >= 0.3 is 5.97 Å². The van der Waals surface area contributed by atoms with Gasteiger partial charge in [0.25, 0.3) is 0 Å². The van der Waals surface area contributed by atoms with Crippen LogP contribution in [0.3, 0.4) is 0 Å². The number of halogens is 2. The van der Waals surface area contributed by atoms with Gasteiger partial charge in [0.2, 0.25) is 4.80 Å². The van der Waals surface area contributed by atoms with E-state index in [1.165, 1.54) is 30.4 Å². The number of benzene rings is 1. The number of ether oxygens (including phenoxy) is 1. The summed E-state index contributed by atoms with van der Waals surface area (Å²) in [7, 11) is 1.79. The first kappa shape index (κ1) is 15.7. The molecule has 1 aliphatic heterocycles. The Balaban J connectivity index is 0.00000161. The largest absolute Gasteiger partial charge is 0.487 e. The van der Waals surface area contributed by atoms with Crippen LogP contribution in [-0.4, -0.2) is 10.5 Å². The summed E-state index contributed by atoms with van der Waals surface area (Å²) in [4.78, 5) is 16.9. The highest BCUT2D eigenvalue weighted by Crippen LogP contribution is 2.38. The average molecular weight is 375 g/mol. The third-order valence-corrected chi connectivity index (χ3v) is 4.00. The van der Waals surface area contributed by atoms with E-state index < -0.39 is 5.97 Å². The molecule has 112 valence electrons. The predicted molar refractivity (Wildman–Crippen MR) is 80.7 cm³/mol. The minimum Gasteiger partial charge on any atom is -0.487 e. The number of nitrogens with zero attached hydrogens (tertiary/aromatic N) is 2. The Morgan fingerprint density at radius 3 is 3.00 bits per heavy atom. The van der Waals surface area contributed by atoms with Gasteiger partial charge in [-0.2, -0.15) is 0 Å². The monoisotopic (exact) mass is 374 g/mol. The highest BCUT2D eigenvalue weighted by molar-refractivity contribution is 8.93. The third kappa shape index (κ3) is 2.86. The SMILES string of the molecule is Br.CC(=O)ON=c1sc2c(n1C)-c1cc(F)ccc1OC2.